The number of carbonyl (C=O) groups is 1. The second-order valence-electron chi connectivity index (χ2n) is 10.8. The third-order valence-corrected chi connectivity index (χ3v) is 8.12. The number of aromatic carboxylic acids is 1. The lowest BCUT2D eigenvalue weighted by molar-refractivity contribution is 0.0696. The van der Waals surface area contributed by atoms with Crippen LogP contribution in [0.25, 0.3) is 17.2 Å². The number of carboxylic acid groups (broad SMARTS) is 1. The number of hydrogen-bond acceptors (Lipinski definition) is 1. The Morgan fingerprint density at radius 3 is 2.50 bits per heavy atom. The number of halogens is 2. The quantitative estimate of drug-likeness (QED) is 0.343. The molecule has 2 nitrogen and oxygen atoms in total. The van der Waals surface area contributed by atoms with Gasteiger partial charge < -0.3 is 5.11 Å². The van der Waals surface area contributed by atoms with Crippen LogP contribution in [-0.2, 0) is 6.42 Å². The number of hydrogen-bond donors (Lipinski definition) is 1. The molecule has 1 N–H and O–H groups in total. The van der Waals surface area contributed by atoms with Gasteiger partial charge in [0, 0.05) is 0 Å². The SMILES string of the molecule is Cc1ccc(F)c(C)c1C1=C(c2ccc(C=C3CC(CCCF)C3)cc2)c2ccc(C(=O)O)cc2CCC1. The topological polar surface area (TPSA) is 37.3 Å². The molecule has 1 saturated carbocycles. The first-order valence-corrected chi connectivity index (χ1v) is 13.6. The van der Waals surface area contributed by atoms with Crippen LogP contribution in [-0.4, -0.2) is 17.8 Å². The zero-order chi connectivity index (χ0) is 26.8. The number of carboxylic acids is 1. The molecule has 4 heteroatoms. The van der Waals surface area contributed by atoms with Crippen molar-refractivity contribution in [3.05, 3.63) is 110 Å². The van der Waals surface area contributed by atoms with E-state index in [1.54, 1.807) is 12.1 Å². The molecule has 2 aliphatic rings. The van der Waals surface area contributed by atoms with Crippen LogP contribution in [0.4, 0.5) is 8.78 Å². The first-order valence-electron chi connectivity index (χ1n) is 13.6. The first kappa shape index (κ1) is 26.1. The summed E-state index contributed by atoms with van der Waals surface area (Å²) in [6.45, 7) is 3.64. The summed E-state index contributed by atoms with van der Waals surface area (Å²) in [5.74, 6) is -0.532. The first-order chi connectivity index (χ1) is 18.4. The van der Waals surface area contributed by atoms with E-state index in [0.717, 1.165) is 83.1 Å². The minimum atomic E-state index is -0.931. The van der Waals surface area contributed by atoms with E-state index < -0.39 is 5.97 Å². The molecule has 196 valence electrons. The molecular weight excluding hydrogens is 478 g/mol. The lowest BCUT2D eigenvalue weighted by Crippen LogP contribution is -2.14. The van der Waals surface area contributed by atoms with Crippen LogP contribution < -0.4 is 0 Å². The molecule has 0 aliphatic heterocycles. The van der Waals surface area contributed by atoms with E-state index in [0.29, 0.717) is 17.9 Å². The van der Waals surface area contributed by atoms with Crippen LogP contribution >= 0.6 is 0 Å². The number of benzene rings is 3. The molecule has 3 aromatic carbocycles. The van der Waals surface area contributed by atoms with Crippen LogP contribution in [0.15, 0.2) is 60.2 Å². The van der Waals surface area contributed by atoms with E-state index in [9.17, 15) is 18.7 Å². The fourth-order valence-electron chi connectivity index (χ4n) is 6.14. The number of alkyl halides is 1. The maximum Gasteiger partial charge on any atom is 0.335 e. The van der Waals surface area contributed by atoms with Crippen molar-refractivity contribution in [2.45, 2.75) is 58.8 Å². The van der Waals surface area contributed by atoms with Gasteiger partial charge in [-0.25, -0.2) is 9.18 Å². The van der Waals surface area contributed by atoms with Gasteiger partial charge in [-0.05, 0) is 133 Å². The minimum absolute atomic E-state index is 0.213. The monoisotopic (exact) mass is 512 g/mol. The van der Waals surface area contributed by atoms with E-state index in [1.807, 2.05) is 26.0 Å². The van der Waals surface area contributed by atoms with Crippen molar-refractivity contribution in [1.29, 1.82) is 0 Å². The summed E-state index contributed by atoms with van der Waals surface area (Å²) in [6, 6.07) is 17.3. The minimum Gasteiger partial charge on any atom is -0.478 e. The highest BCUT2D eigenvalue weighted by Gasteiger charge is 2.25. The largest absolute Gasteiger partial charge is 0.478 e. The van der Waals surface area contributed by atoms with Crippen molar-refractivity contribution in [2.24, 2.45) is 5.92 Å². The molecule has 0 heterocycles. The van der Waals surface area contributed by atoms with Gasteiger partial charge in [-0.3, -0.25) is 4.39 Å². The smallest absolute Gasteiger partial charge is 0.335 e. The fraction of sp³-hybridized carbons (Fsp3) is 0.324. The van der Waals surface area contributed by atoms with Crippen LogP contribution in [0, 0.1) is 25.6 Å². The highest BCUT2D eigenvalue weighted by atomic mass is 19.1. The van der Waals surface area contributed by atoms with Gasteiger partial charge in [-0.1, -0.05) is 48.0 Å². The second-order valence-corrected chi connectivity index (χ2v) is 10.8. The highest BCUT2D eigenvalue weighted by Crippen LogP contribution is 2.43. The summed E-state index contributed by atoms with van der Waals surface area (Å²) in [7, 11) is 0. The normalized spacial score (nSPS) is 17.1. The lowest BCUT2D eigenvalue weighted by atomic mass is 9.77. The van der Waals surface area contributed by atoms with Gasteiger partial charge in [0.1, 0.15) is 5.82 Å². The molecule has 3 aromatic rings. The van der Waals surface area contributed by atoms with Gasteiger partial charge in [-0.2, -0.15) is 0 Å². The molecule has 0 spiro atoms. The molecule has 5 rings (SSSR count). The van der Waals surface area contributed by atoms with Gasteiger partial charge in [-0.15, -0.1) is 0 Å². The van der Waals surface area contributed by atoms with Gasteiger partial charge in [0.2, 0.25) is 0 Å². The van der Waals surface area contributed by atoms with Crippen LogP contribution in [0.3, 0.4) is 0 Å². The van der Waals surface area contributed by atoms with Crippen molar-refractivity contribution in [3.8, 4) is 0 Å². The third kappa shape index (κ3) is 5.22. The average molecular weight is 513 g/mol. The number of allylic oxidation sites excluding steroid dienone is 2. The van der Waals surface area contributed by atoms with Crippen LogP contribution in [0.2, 0.25) is 0 Å². The van der Waals surface area contributed by atoms with E-state index in [-0.39, 0.29) is 18.1 Å². The molecular formula is C34H34F2O2. The Morgan fingerprint density at radius 2 is 1.79 bits per heavy atom. The molecule has 0 unspecified atom stereocenters. The Bertz CT molecular complexity index is 1420. The Balaban J connectivity index is 1.59. The maximum absolute atomic E-state index is 14.8. The Labute approximate surface area is 223 Å². The fourth-order valence-corrected chi connectivity index (χ4v) is 6.14. The van der Waals surface area contributed by atoms with Crippen LogP contribution in [0.5, 0.6) is 0 Å². The van der Waals surface area contributed by atoms with Gasteiger partial charge >= 0.3 is 5.97 Å². The van der Waals surface area contributed by atoms with E-state index in [2.05, 4.69) is 30.3 Å². The predicted octanol–water partition coefficient (Wildman–Crippen LogP) is 8.98. The lowest BCUT2D eigenvalue weighted by Gasteiger charge is -2.29. The summed E-state index contributed by atoms with van der Waals surface area (Å²) < 4.78 is 27.2. The van der Waals surface area contributed by atoms with Gasteiger partial charge in [0.25, 0.3) is 0 Å². The summed E-state index contributed by atoms with van der Waals surface area (Å²) in [5, 5.41) is 9.58. The van der Waals surface area contributed by atoms with Crippen LogP contribution in [0.1, 0.15) is 87.8 Å². The number of rotatable bonds is 7. The van der Waals surface area contributed by atoms with E-state index in [4.69, 9.17) is 0 Å². The molecule has 0 saturated heterocycles. The standard InChI is InChI=1S/C34H34F2O2/c1-21-8-15-31(36)22(2)32(21)30-7-3-6-27-20-28(34(37)38)13-14-29(27)33(30)26-11-9-23(10-12-26)17-25-18-24(19-25)5-4-16-35/h8-15,17,20,24H,3-7,16,18-19H2,1-2H3,(H,37,38). The Hall–Kier alpha value is -3.53. The molecule has 0 bridgehead atoms. The molecule has 0 aromatic heterocycles. The summed E-state index contributed by atoms with van der Waals surface area (Å²) in [6.07, 6.45) is 8.37. The van der Waals surface area contributed by atoms with Gasteiger partial charge in [0.15, 0.2) is 0 Å². The van der Waals surface area contributed by atoms with Crippen molar-refractivity contribution in [1.82, 2.24) is 0 Å². The zero-order valence-corrected chi connectivity index (χ0v) is 22.1. The molecule has 0 amide bonds. The van der Waals surface area contributed by atoms with Crippen molar-refractivity contribution < 1.29 is 18.7 Å². The maximum atomic E-state index is 14.8. The molecule has 0 radical (unpaired) electrons. The van der Waals surface area contributed by atoms with Gasteiger partial charge in [0.05, 0.1) is 12.2 Å². The van der Waals surface area contributed by atoms with Crippen molar-refractivity contribution in [2.75, 3.05) is 6.67 Å². The number of fused-ring (bicyclic) bond motifs is 1. The average Bonchev–Trinajstić information content (AvgIpc) is 3.07. The zero-order valence-electron chi connectivity index (χ0n) is 22.1. The molecule has 2 aliphatic carbocycles. The Morgan fingerprint density at radius 1 is 1.03 bits per heavy atom. The van der Waals surface area contributed by atoms with E-state index >= 15 is 0 Å². The summed E-state index contributed by atoms with van der Waals surface area (Å²) in [4.78, 5) is 11.7. The van der Waals surface area contributed by atoms with Crippen molar-refractivity contribution in [3.63, 3.8) is 0 Å². The molecule has 38 heavy (non-hydrogen) atoms. The number of aryl methyl sites for hydroxylation is 2. The second kappa shape index (κ2) is 11.1. The van der Waals surface area contributed by atoms with Crippen molar-refractivity contribution >= 4 is 23.2 Å². The third-order valence-electron chi connectivity index (χ3n) is 8.12. The highest BCUT2D eigenvalue weighted by molar-refractivity contribution is 6.01. The van der Waals surface area contributed by atoms with E-state index in [1.165, 1.54) is 11.6 Å². The Kier molecular flexibility index (Phi) is 7.60. The predicted molar refractivity (Wildman–Crippen MR) is 150 cm³/mol. The summed E-state index contributed by atoms with van der Waals surface area (Å²) >= 11 is 0. The molecule has 1 fully saturated rings. The molecule has 0 atom stereocenters. The summed E-state index contributed by atoms with van der Waals surface area (Å²) in [5.41, 5.74) is 10.7.